The molecule has 2 aromatic rings. The van der Waals surface area contributed by atoms with Gasteiger partial charge in [0, 0.05) is 10.7 Å². The van der Waals surface area contributed by atoms with Gasteiger partial charge in [-0.2, -0.15) is 0 Å². The Morgan fingerprint density at radius 1 is 1.00 bits per heavy atom. The molecule has 6 nitrogen and oxygen atoms in total. The Morgan fingerprint density at radius 2 is 1.71 bits per heavy atom. The monoisotopic (exact) mass is 383 g/mol. The molecule has 24 heavy (non-hydrogen) atoms. The number of carbonyl (C=O) groups excluding carboxylic acids is 3. The molecule has 3 N–H and O–H groups in total. The molecular weight excluding hydrogens is 370 g/mol. The molecule has 0 saturated carbocycles. The molecular formula is C15H14ClN3O3S2. The van der Waals surface area contributed by atoms with Gasteiger partial charge in [0.15, 0.2) is 0 Å². The summed E-state index contributed by atoms with van der Waals surface area (Å²) in [6, 6.07) is 10.1. The fourth-order valence-corrected chi connectivity index (χ4v) is 2.96. The Hall–Kier alpha value is -2.03. The summed E-state index contributed by atoms with van der Waals surface area (Å²) >= 11 is 8.18. The van der Waals surface area contributed by atoms with E-state index in [0.29, 0.717) is 15.6 Å². The van der Waals surface area contributed by atoms with Gasteiger partial charge in [-0.15, -0.1) is 23.1 Å². The van der Waals surface area contributed by atoms with Gasteiger partial charge in [-0.05, 0) is 35.7 Å². The van der Waals surface area contributed by atoms with Crippen molar-refractivity contribution in [3.63, 3.8) is 0 Å². The van der Waals surface area contributed by atoms with Crippen LogP contribution in [0.3, 0.4) is 0 Å². The first-order valence-corrected chi connectivity index (χ1v) is 9.21. The number of amides is 3. The second-order valence-corrected chi connectivity index (χ2v) is 6.90. The predicted octanol–water partition coefficient (Wildman–Crippen LogP) is 2.53. The lowest BCUT2D eigenvalue weighted by atomic mass is 10.3. The highest BCUT2D eigenvalue weighted by Crippen LogP contribution is 2.13. The average molecular weight is 384 g/mol. The van der Waals surface area contributed by atoms with Crippen LogP contribution in [-0.2, 0) is 9.59 Å². The van der Waals surface area contributed by atoms with Gasteiger partial charge >= 0.3 is 0 Å². The third kappa shape index (κ3) is 6.23. The number of thioether (sulfide) groups is 1. The molecule has 1 aromatic carbocycles. The lowest BCUT2D eigenvalue weighted by Crippen LogP contribution is -2.42. The molecule has 126 valence electrons. The van der Waals surface area contributed by atoms with Crippen molar-refractivity contribution in [3.05, 3.63) is 51.7 Å². The third-order valence-corrected chi connectivity index (χ3v) is 4.71. The molecule has 0 saturated heterocycles. The number of rotatable bonds is 6. The Bertz CT molecular complexity index is 705. The predicted molar refractivity (Wildman–Crippen MR) is 97.3 cm³/mol. The van der Waals surface area contributed by atoms with Gasteiger partial charge in [0.1, 0.15) is 0 Å². The van der Waals surface area contributed by atoms with Crippen molar-refractivity contribution in [2.24, 2.45) is 0 Å². The highest BCUT2D eigenvalue weighted by atomic mass is 35.5. The molecule has 9 heteroatoms. The minimum atomic E-state index is -0.385. The summed E-state index contributed by atoms with van der Waals surface area (Å²) in [7, 11) is 0. The van der Waals surface area contributed by atoms with Crippen molar-refractivity contribution in [2.75, 3.05) is 16.8 Å². The van der Waals surface area contributed by atoms with Crippen molar-refractivity contribution < 1.29 is 14.4 Å². The molecule has 3 amide bonds. The summed E-state index contributed by atoms with van der Waals surface area (Å²) in [5, 5.41) is 5.05. The van der Waals surface area contributed by atoms with Gasteiger partial charge in [0.25, 0.3) is 5.91 Å². The molecule has 0 radical (unpaired) electrons. The van der Waals surface area contributed by atoms with Crippen molar-refractivity contribution >= 4 is 58.1 Å². The zero-order valence-corrected chi connectivity index (χ0v) is 14.8. The number of benzene rings is 1. The topological polar surface area (TPSA) is 87.3 Å². The molecule has 0 aliphatic rings. The van der Waals surface area contributed by atoms with Crippen LogP contribution >= 0.6 is 34.7 Å². The fraction of sp³-hybridized carbons (Fsp3) is 0.133. The minimum absolute atomic E-state index is 0.0543. The van der Waals surface area contributed by atoms with Crippen molar-refractivity contribution in [3.8, 4) is 0 Å². The summed E-state index contributed by atoms with van der Waals surface area (Å²) in [6.45, 7) is 0. The smallest absolute Gasteiger partial charge is 0.279 e. The van der Waals surface area contributed by atoms with Crippen LogP contribution in [0.1, 0.15) is 9.67 Å². The second-order valence-electron chi connectivity index (χ2n) is 4.53. The molecule has 1 aromatic heterocycles. The van der Waals surface area contributed by atoms with Crippen molar-refractivity contribution in [2.45, 2.75) is 0 Å². The standard InChI is InChI=1S/C15H14ClN3O3S2/c16-10-3-5-11(6-4-10)17-13(20)8-23-9-14(21)18-19-15(22)12-2-1-7-24-12/h1-7H,8-9H2,(H,17,20)(H,18,21)(H,19,22). The highest BCUT2D eigenvalue weighted by Gasteiger charge is 2.09. The van der Waals surface area contributed by atoms with Gasteiger partial charge < -0.3 is 5.32 Å². The van der Waals surface area contributed by atoms with Gasteiger partial charge in [-0.1, -0.05) is 17.7 Å². The highest BCUT2D eigenvalue weighted by molar-refractivity contribution is 8.00. The first-order chi connectivity index (χ1) is 11.5. The molecule has 0 unspecified atom stereocenters. The zero-order valence-electron chi connectivity index (χ0n) is 12.4. The number of nitrogens with one attached hydrogen (secondary N) is 3. The number of hydrogen-bond donors (Lipinski definition) is 3. The van der Waals surface area contributed by atoms with E-state index >= 15 is 0 Å². The fourth-order valence-electron chi connectivity index (χ4n) is 1.60. The SMILES string of the molecule is O=C(CSCC(=O)Nc1ccc(Cl)cc1)NNC(=O)c1cccs1. The van der Waals surface area contributed by atoms with Crippen LogP contribution in [0.4, 0.5) is 5.69 Å². The molecule has 2 rings (SSSR count). The number of carbonyl (C=O) groups is 3. The maximum absolute atomic E-state index is 11.7. The Kier molecular flexibility index (Phi) is 7.10. The van der Waals surface area contributed by atoms with E-state index in [4.69, 9.17) is 11.6 Å². The van der Waals surface area contributed by atoms with E-state index in [-0.39, 0.29) is 29.2 Å². The molecule has 0 fully saturated rings. The number of thiophene rings is 1. The van der Waals surface area contributed by atoms with E-state index in [1.54, 1.807) is 41.8 Å². The van der Waals surface area contributed by atoms with Gasteiger partial charge in [0.2, 0.25) is 11.8 Å². The lowest BCUT2D eigenvalue weighted by Gasteiger charge is -2.07. The zero-order chi connectivity index (χ0) is 17.4. The van der Waals surface area contributed by atoms with Crippen molar-refractivity contribution in [1.29, 1.82) is 0 Å². The number of hydrazine groups is 1. The maximum Gasteiger partial charge on any atom is 0.279 e. The van der Waals surface area contributed by atoms with Crippen LogP contribution in [0.2, 0.25) is 5.02 Å². The van der Waals surface area contributed by atoms with E-state index in [9.17, 15) is 14.4 Å². The van der Waals surface area contributed by atoms with Crippen LogP contribution < -0.4 is 16.2 Å². The van der Waals surface area contributed by atoms with E-state index in [1.807, 2.05) is 0 Å². The quantitative estimate of drug-likeness (QED) is 0.669. The molecule has 0 spiro atoms. The van der Waals surface area contributed by atoms with Crippen LogP contribution in [0, 0.1) is 0 Å². The number of hydrogen-bond acceptors (Lipinski definition) is 5. The normalized spacial score (nSPS) is 10.0. The molecule has 0 atom stereocenters. The van der Waals surface area contributed by atoms with E-state index < -0.39 is 0 Å². The van der Waals surface area contributed by atoms with Crippen LogP contribution in [0.15, 0.2) is 41.8 Å². The summed E-state index contributed by atoms with van der Waals surface area (Å²) in [5.41, 5.74) is 5.25. The Morgan fingerprint density at radius 3 is 2.38 bits per heavy atom. The summed E-state index contributed by atoms with van der Waals surface area (Å²) in [5.74, 6) is -0.806. The summed E-state index contributed by atoms with van der Waals surface area (Å²) in [4.78, 5) is 35.5. The second kappa shape index (κ2) is 9.31. The Labute approximate surface area is 151 Å². The summed E-state index contributed by atoms with van der Waals surface area (Å²) < 4.78 is 0. The Balaban J connectivity index is 1.62. The number of anilines is 1. The summed E-state index contributed by atoms with van der Waals surface area (Å²) in [6.07, 6.45) is 0. The average Bonchev–Trinajstić information content (AvgIpc) is 3.09. The van der Waals surface area contributed by atoms with E-state index in [2.05, 4.69) is 16.2 Å². The molecule has 0 aliphatic heterocycles. The molecule has 0 aliphatic carbocycles. The maximum atomic E-state index is 11.7. The van der Waals surface area contributed by atoms with Crippen LogP contribution in [0.5, 0.6) is 0 Å². The third-order valence-electron chi connectivity index (χ3n) is 2.65. The van der Waals surface area contributed by atoms with E-state index in [0.717, 1.165) is 11.8 Å². The van der Waals surface area contributed by atoms with E-state index in [1.165, 1.54) is 11.3 Å². The van der Waals surface area contributed by atoms with Crippen LogP contribution in [0.25, 0.3) is 0 Å². The first kappa shape index (κ1) is 18.3. The van der Waals surface area contributed by atoms with Gasteiger partial charge in [0.05, 0.1) is 16.4 Å². The molecule has 0 bridgehead atoms. The van der Waals surface area contributed by atoms with Crippen molar-refractivity contribution in [1.82, 2.24) is 10.9 Å². The van der Waals surface area contributed by atoms with Crippen LogP contribution in [-0.4, -0.2) is 29.2 Å². The largest absolute Gasteiger partial charge is 0.325 e. The number of halogens is 1. The minimum Gasteiger partial charge on any atom is -0.325 e. The van der Waals surface area contributed by atoms with Gasteiger partial charge in [-0.3, -0.25) is 25.2 Å². The lowest BCUT2D eigenvalue weighted by molar-refractivity contribution is -0.119. The van der Waals surface area contributed by atoms with Gasteiger partial charge in [-0.25, -0.2) is 0 Å². The molecule has 1 heterocycles. The first-order valence-electron chi connectivity index (χ1n) is 6.80.